The van der Waals surface area contributed by atoms with Crippen molar-refractivity contribution in [2.24, 2.45) is 0 Å². The molecule has 0 unspecified atom stereocenters. The Morgan fingerprint density at radius 3 is 2.77 bits per heavy atom. The number of ether oxygens (including phenoxy) is 1. The summed E-state index contributed by atoms with van der Waals surface area (Å²) in [5.74, 6) is -0.519. The monoisotopic (exact) mass is 323 g/mol. The molecule has 0 aliphatic heterocycles. The molecular formula is C14H14ClN3O4. The predicted octanol–water partition coefficient (Wildman–Crippen LogP) is 2.58. The number of carbonyl (C=O) groups excluding carboxylic acids is 1. The Morgan fingerprint density at radius 2 is 2.18 bits per heavy atom. The van der Waals surface area contributed by atoms with Crippen molar-refractivity contribution >= 4 is 23.2 Å². The van der Waals surface area contributed by atoms with Crippen LogP contribution in [0, 0.1) is 21.4 Å². The first-order chi connectivity index (χ1) is 10.5. The molecule has 2 rings (SSSR count). The van der Waals surface area contributed by atoms with E-state index in [2.05, 4.69) is 11.4 Å². The van der Waals surface area contributed by atoms with Crippen LogP contribution in [0.3, 0.4) is 0 Å². The van der Waals surface area contributed by atoms with E-state index < -0.39 is 23.0 Å². The van der Waals surface area contributed by atoms with E-state index in [-0.39, 0.29) is 16.5 Å². The van der Waals surface area contributed by atoms with Gasteiger partial charge >= 0.3 is 5.69 Å². The summed E-state index contributed by atoms with van der Waals surface area (Å²) in [6.45, 7) is -0.397. The minimum atomic E-state index is -0.841. The number of hydrogen-bond acceptors (Lipinski definition) is 5. The lowest BCUT2D eigenvalue weighted by atomic mass is 10.00. The second-order valence-corrected chi connectivity index (χ2v) is 5.54. The number of nitro groups is 1. The van der Waals surface area contributed by atoms with Crippen molar-refractivity contribution in [3.8, 4) is 11.8 Å². The lowest BCUT2D eigenvalue weighted by Crippen LogP contribution is -2.47. The first kappa shape index (κ1) is 16.0. The Morgan fingerprint density at radius 1 is 1.50 bits per heavy atom. The normalized spacial score (nSPS) is 15.8. The topological polar surface area (TPSA) is 105 Å². The second-order valence-electron chi connectivity index (χ2n) is 5.11. The van der Waals surface area contributed by atoms with Crippen LogP contribution in [0.15, 0.2) is 18.2 Å². The maximum absolute atomic E-state index is 11.9. The van der Waals surface area contributed by atoms with Crippen molar-refractivity contribution in [3.63, 3.8) is 0 Å². The number of nitrogens with one attached hydrogen (secondary N) is 1. The van der Waals surface area contributed by atoms with E-state index >= 15 is 0 Å². The van der Waals surface area contributed by atoms with Crippen molar-refractivity contribution in [1.29, 1.82) is 5.26 Å². The fourth-order valence-electron chi connectivity index (χ4n) is 2.44. The first-order valence-electron chi connectivity index (χ1n) is 6.75. The lowest BCUT2D eigenvalue weighted by Gasteiger charge is -2.21. The van der Waals surface area contributed by atoms with Crippen molar-refractivity contribution in [2.45, 2.75) is 31.2 Å². The third-order valence-corrected chi connectivity index (χ3v) is 3.76. The largest absolute Gasteiger partial charge is 0.477 e. The van der Waals surface area contributed by atoms with Gasteiger partial charge in [0.25, 0.3) is 5.91 Å². The number of carbonyl (C=O) groups is 1. The van der Waals surface area contributed by atoms with Crippen LogP contribution in [0.1, 0.15) is 25.7 Å². The van der Waals surface area contributed by atoms with Crippen LogP contribution < -0.4 is 10.1 Å². The molecular weight excluding hydrogens is 310 g/mol. The van der Waals surface area contributed by atoms with E-state index in [9.17, 15) is 20.2 Å². The highest BCUT2D eigenvalue weighted by molar-refractivity contribution is 6.30. The molecule has 1 fully saturated rings. The van der Waals surface area contributed by atoms with Crippen LogP contribution in [0.4, 0.5) is 5.69 Å². The first-order valence-corrected chi connectivity index (χ1v) is 7.12. The predicted molar refractivity (Wildman–Crippen MR) is 78.6 cm³/mol. The van der Waals surface area contributed by atoms with Crippen molar-refractivity contribution in [1.82, 2.24) is 5.32 Å². The van der Waals surface area contributed by atoms with Crippen molar-refractivity contribution < 1.29 is 14.5 Å². The fraction of sp³-hybridized carbons (Fsp3) is 0.429. The Labute approximate surface area is 132 Å². The fourth-order valence-corrected chi connectivity index (χ4v) is 2.61. The zero-order valence-electron chi connectivity index (χ0n) is 11.7. The average Bonchev–Trinajstić information content (AvgIpc) is 2.95. The Bertz CT molecular complexity index is 635. The second kappa shape index (κ2) is 6.62. The van der Waals surface area contributed by atoms with E-state index in [1.165, 1.54) is 12.1 Å². The van der Waals surface area contributed by atoms with Gasteiger partial charge in [-0.2, -0.15) is 5.26 Å². The van der Waals surface area contributed by atoms with Crippen LogP contribution >= 0.6 is 11.6 Å². The summed E-state index contributed by atoms with van der Waals surface area (Å²) in [6.07, 6.45) is 2.99. The highest BCUT2D eigenvalue weighted by Gasteiger charge is 2.35. The summed E-state index contributed by atoms with van der Waals surface area (Å²) in [5, 5.41) is 23.0. The molecule has 0 bridgehead atoms. The highest BCUT2D eigenvalue weighted by Crippen LogP contribution is 2.30. The lowest BCUT2D eigenvalue weighted by molar-refractivity contribution is -0.385. The van der Waals surface area contributed by atoms with Gasteiger partial charge in [0.15, 0.2) is 12.4 Å². The summed E-state index contributed by atoms with van der Waals surface area (Å²) in [7, 11) is 0. The van der Waals surface area contributed by atoms with Crippen molar-refractivity contribution in [2.75, 3.05) is 6.61 Å². The number of amides is 1. The highest BCUT2D eigenvalue weighted by atomic mass is 35.5. The summed E-state index contributed by atoms with van der Waals surface area (Å²) < 4.78 is 5.19. The van der Waals surface area contributed by atoms with Crippen molar-refractivity contribution in [3.05, 3.63) is 33.3 Å². The van der Waals surface area contributed by atoms with Gasteiger partial charge in [-0.1, -0.05) is 11.6 Å². The number of nitriles is 1. The summed E-state index contributed by atoms with van der Waals surface area (Å²) in [4.78, 5) is 22.2. The third kappa shape index (κ3) is 3.65. The van der Waals surface area contributed by atoms with Crippen LogP contribution in [0.5, 0.6) is 5.75 Å². The van der Waals surface area contributed by atoms with Gasteiger partial charge in [-0.3, -0.25) is 14.9 Å². The SMILES string of the molecule is N#CC1(NC(=O)COc2ccc(Cl)cc2[N+](=O)[O-])CCCC1. The molecule has 116 valence electrons. The number of nitro benzene ring substituents is 1. The van der Waals surface area contributed by atoms with Crippen LogP contribution in [0.2, 0.25) is 5.02 Å². The molecule has 0 atom stereocenters. The minimum Gasteiger partial charge on any atom is -0.477 e. The third-order valence-electron chi connectivity index (χ3n) is 3.53. The summed E-state index contributed by atoms with van der Waals surface area (Å²) >= 11 is 5.70. The molecule has 0 spiro atoms. The van der Waals surface area contributed by atoms with Crippen LogP contribution in [-0.2, 0) is 4.79 Å². The molecule has 8 heteroatoms. The molecule has 0 aromatic heterocycles. The Kier molecular flexibility index (Phi) is 4.83. The number of benzene rings is 1. The number of hydrogen-bond donors (Lipinski definition) is 1. The van der Waals surface area contributed by atoms with E-state index in [1.54, 1.807) is 0 Å². The number of rotatable bonds is 5. The van der Waals surface area contributed by atoms with E-state index in [0.29, 0.717) is 12.8 Å². The Balaban J connectivity index is 2.00. The number of halogens is 1. The summed E-state index contributed by atoms with van der Waals surface area (Å²) in [5.41, 5.74) is -1.15. The molecule has 1 saturated carbocycles. The zero-order valence-corrected chi connectivity index (χ0v) is 12.4. The van der Waals surface area contributed by atoms with Gasteiger partial charge < -0.3 is 10.1 Å². The molecule has 0 radical (unpaired) electrons. The average molecular weight is 324 g/mol. The Hall–Kier alpha value is -2.33. The maximum Gasteiger partial charge on any atom is 0.312 e. The molecule has 7 nitrogen and oxygen atoms in total. The van der Waals surface area contributed by atoms with E-state index in [0.717, 1.165) is 18.9 Å². The smallest absolute Gasteiger partial charge is 0.312 e. The molecule has 22 heavy (non-hydrogen) atoms. The van der Waals surface area contributed by atoms with Gasteiger partial charge in [0, 0.05) is 11.1 Å². The molecule has 0 saturated heterocycles. The van der Waals surface area contributed by atoms with Gasteiger partial charge in [-0.15, -0.1) is 0 Å². The van der Waals surface area contributed by atoms with Crippen LogP contribution in [0.25, 0.3) is 0 Å². The molecule has 1 aliphatic rings. The summed E-state index contributed by atoms with van der Waals surface area (Å²) in [6, 6.07) is 6.06. The van der Waals surface area contributed by atoms with E-state index in [1.807, 2.05) is 0 Å². The van der Waals surface area contributed by atoms with Gasteiger partial charge in [0.2, 0.25) is 0 Å². The van der Waals surface area contributed by atoms with Gasteiger partial charge in [-0.05, 0) is 37.8 Å². The molecule has 1 aromatic rings. The molecule has 1 amide bonds. The standard InChI is InChI=1S/C14H14ClN3O4/c15-10-3-4-12(11(7-10)18(20)21)22-8-13(19)17-14(9-16)5-1-2-6-14/h3-4,7H,1-2,5-6,8H2,(H,17,19). The molecule has 1 aliphatic carbocycles. The van der Waals surface area contributed by atoms with Crippen LogP contribution in [-0.4, -0.2) is 23.0 Å². The van der Waals surface area contributed by atoms with Gasteiger partial charge in [0.05, 0.1) is 11.0 Å². The van der Waals surface area contributed by atoms with E-state index in [4.69, 9.17) is 16.3 Å². The van der Waals surface area contributed by atoms with Gasteiger partial charge in [0.1, 0.15) is 5.54 Å². The van der Waals surface area contributed by atoms with Gasteiger partial charge in [-0.25, -0.2) is 0 Å². The molecule has 0 heterocycles. The molecule has 1 aromatic carbocycles. The zero-order chi connectivity index (χ0) is 16.2. The quantitative estimate of drug-likeness (QED) is 0.662. The molecule has 1 N–H and O–H groups in total. The maximum atomic E-state index is 11.9. The minimum absolute atomic E-state index is 0.0398. The number of nitrogens with zero attached hydrogens (tertiary/aromatic N) is 2.